The van der Waals surface area contributed by atoms with Crippen LogP contribution >= 0.6 is 47.8 Å². The summed E-state index contributed by atoms with van der Waals surface area (Å²) in [7, 11) is -3.54. The number of halogens is 3. The average molecular weight is 490 g/mol. The van der Waals surface area contributed by atoms with Gasteiger partial charge < -0.3 is 0 Å². The molecule has 0 radical (unpaired) electrons. The van der Waals surface area contributed by atoms with Gasteiger partial charge in [0.15, 0.2) is 0 Å². The topological polar surface area (TPSA) is 46.2 Å². The number of alkyl halides is 1. The third kappa shape index (κ3) is 3.48. The maximum absolute atomic E-state index is 12.7. The number of aryl methyl sites for hydroxylation is 1. The third-order valence-corrected chi connectivity index (χ3v) is 8.13. The zero-order valence-corrected chi connectivity index (χ0v) is 16.6. The molecule has 0 bridgehead atoms. The first-order chi connectivity index (χ1) is 9.30. The van der Waals surface area contributed by atoms with Crippen LogP contribution in [-0.2, 0) is 10.0 Å². The SMILES string of the molecule is Cc1cc(Br)c(S(=O)(=O)NC2(CBr)CCCC2)cc1Br. The van der Waals surface area contributed by atoms with Gasteiger partial charge in [-0.1, -0.05) is 44.7 Å². The Morgan fingerprint density at radius 2 is 1.80 bits per heavy atom. The van der Waals surface area contributed by atoms with E-state index in [0.29, 0.717) is 9.80 Å². The molecule has 1 saturated carbocycles. The molecule has 0 unspecified atom stereocenters. The van der Waals surface area contributed by atoms with Gasteiger partial charge in [-0.25, -0.2) is 13.1 Å². The summed E-state index contributed by atoms with van der Waals surface area (Å²) in [6, 6.07) is 3.47. The molecule has 0 amide bonds. The lowest BCUT2D eigenvalue weighted by atomic mass is 10.0. The maximum Gasteiger partial charge on any atom is 0.242 e. The van der Waals surface area contributed by atoms with Crippen LogP contribution in [0.15, 0.2) is 26.0 Å². The van der Waals surface area contributed by atoms with Gasteiger partial charge in [-0.05, 0) is 53.4 Å². The number of rotatable bonds is 4. The highest BCUT2D eigenvalue weighted by Crippen LogP contribution is 2.35. The Balaban J connectivity index is 2.38. The van der Waals surface area contributed by atoms with Crippen molar-refractivity contribution in [3.63, 3.8) is 0 Å². The zero-order valence-electron chi connectivity index (χ0n) is 11.0. The molecule has 1 aromatic carbocycles. The van der Waals surface area contributed by atoms with Crippen molar-refractivity contribution >= 4 is 57.8 Å². The number of hydrogen-bond acceptors (Lipinski definition) is 2. The number of benzene rings is 1. The standard InChI is InChI=1S/C13H16Br3NO2S/c1-9-6-11(16)12(7-10(9)15)20(18,19)17-13(8-14)4-2-3-5-13/h6-7,17H,2-5,8H2,1H3. The second-order valence-electron chi connectivity index (χ2n) is 5.26. The van der Waals surface area contributed by atoms with Gasteiger partial charge in [-0.3, -0.25) is 0 Å². The molecule has 20 heavy (non-hydrogen) atoms. The van der Waals surface area contributed by atoms with Crippen LogP contribution in [0.5, 0.6) is 0 Å². The van der Waals surface area contributed by atoms with Crippen molar-refractivity contribution < 1.29 is 8.42 Å². The van der Waals surface area contributed by atoms with E-state index in [9.17, 15) is 8.42 Å². The highest BCUT2D eigenvalue weighted by atomic mass is 79.9. The molecule has 1 aliphatic carbocycles. The molecule has 1 aliphatic rings. The van der Waals surface area contributed by atoms with Gasteiger partial charge >= 0.3 is 0 Å². The summed E-state index contributed by atoms with van der Waals surface area (Å²) in [6.07, 6.45) is 3.88. The first-order valence-corrected chi connectivity index (χ1v) is 10.5. The molecule has 0 saturated heterocycles. The first kappa shape index (κ1) is 16.9. The van der Waals surface area contributed by atoms with Crippen LogP contribution in [0.2, 0.25) is 0 Å². The van der Waals surface area contributed by atoms with Gasteiger partial charge in [0.05, 0.1) is 4.90 Å². The second-order valence-corrected chi connectivity index (χ2v) is 9.18. The molecular weight excluding hydrogens is 474 g/mol. The predicted molar refractivity (Wildman–Crippen MR) is 91.9 cm³/mol. The van der Waals surface area contributed by atoms with Crippen molar-refractivity contribution in [1.29, 1.82) is 0 Å². The molecule has 1 aromatic rings. The van der Waals surface area contributed by atoms with Crippen molar-refractivity contribution in [2.24, 2.45) is 0 Å². The van der Waals surface area contributed by atoms with Crippen LogP contribution in [-0.4, -0.2) is 19.3 Å². The van der Waals surface area contributed by atoms with Crippen LogP contribution in [0, 0.1) is 6.92 Å². The van der Waals surface area contributed by atoms with Gasteiger partial charge in [0.25, 0.3) is 0 Å². The van der Waals surface area contributed by atoms with Crippen molar-refractivity contribution in [1.82, 2.24) is 4.72 Å². The average Bonchev–Trinajstić information content (AvgIpc) is 2.82. The lowest BCUT2D eigenvalue weighted by Crippen LogP contribution is -2.47. The number of hydrogen-bond donors (Lipinski definition) is 1. The molecule has 0 aromatic heterocycles. The van der Waals surface area contributed by atoms with E-state index in [2.05, 4.69) is 52.5 Å². The summed E-state index contributed by atoms with van der Waals surface area (Å²) in [5.74, 6) is 0. The Morgan fingerprint density at radius 3 is 2.35 bits per heavy atom. The van der Waals surface area contributed by atoms with E-state index in [1.54, 1.807) is 6.07 Å². The van der Waals surface area contributed by atoms with Crippen LogP contribution in [0.1, 0.15) is 31.2 Å². The van der Waals surface area contributed by atoms with Crippen molar-refractivity contribution in [3.8, 4) is 0 Å². The first-order valence-electron chi connectivity index (χ1n) is 6.35. The molecule has 0 heterocycles. The summed E-state index contributed by atoms with van der Waals surface area (Å²) >= 11 is 10.2. The molecule has 0 atom stereocenters. The van der Waals surface area contributed by atoms with E-state index < -0.39 is 10.0 Å². The van der Waals surface area contributed by atoms with Crippen LogP contribution in [0.25, 0.3) is 0 Å². The molecule has 1 N–H and O–H groups in total. The number of nitrogens with one attached hydrogen (secondary N) is 1. The van der Waals surface area contributed by atoms with E-state index >= 15 is 0 Å². The summed E-state index contributed by atoms with van der Waals surface area (Å²) < 4.78 is 29.6. The Hall–Kier alpha value is 0.570. The molecule has 0 aliphatic heterocycles. The summed E-state index contributed by atoms with van der Waals surface area (Å²) in [4.78, 5) is 0.280. The van der Waals surface area contributed by atoms with Crippen LogP contribution in [0.3, 0.4) is 0 Å². The molecule has 7 heteroatoms. The van der Waals surface area contributed by atoms with Gasteiger partial charge in [-0.2, -0.15) is 0 Å². The monoisotopic (exact) mass is 487 g/mol. The Bertz CT molecular complexity index is 610. The Labute approximate surface area is 145 Å². The zero-order chi connectivity index (χ0) is 15.0. The van der Waals surface area contributed by atoms with Crippen molar-refractivity contribution in [2.75, 3.05) is 5.33 Å². The molecule has 1 fully saturated rings. The molecule has 0 spiro atoms. The lowest BCUT2D eigenvalue weighted by molar-refractivity contribution is 0.437. The van der Waals surface area contributed by atoms with Gasteiger partial charge in [-0.15, -0.1) is 0 Å². The normalized spacial score (nSPS) is 18.4. The summed E-state index contributed by atoms with van der Waals surface area (Å²) in [6.45, 7) is 1.93. The fraction of sp³-hybridized carbons (Fsp3) is 0.538. The molecular formula is C13H16Br3NO2S. The lowest BCUT2D eigenvalue weighted by Gasteiger charge is -2.28. The van der Waals surface area contributed by atoms with E-state index in [4.69, 9.17) is 0 Å². The van der Waals surface area contributed by atoms with E-state index in [0.717, 1.165) is 35.7 Å². The predicted octanol–water partition coefficient (Wildman–Crippen LogP) is 4.51. The van der Waals surface area contributed by atoms with Crippen LogP contribution in [0.4, 0.5) is 0 Å². The molecule has 2 rings (SSSR count). The Kier molecular flexibility index (Phi) is 5.39. The maximum atomic E-state index is 12.7. The van der Waals surface area contributed by atoms with E-state index in [-0.39, 0.29) is 10.4 Å². The van der Waals surface area contributed by atoms with Gasteiger partial charge in [0, 0.05) is 19.8 Å². The second kappa shape index (κ2) is 6.36. The largest absolute Gasteiger partial charge is 0.242 e. The smallest absolute Gasteiger partial charge is 0.207 e. The number of sulfonamides is 1. The highest BCUT2D eigenvalue weighted by Gasteiger charge is 2.37. The minimum atomic E-state index is -3.54. The van der Waals surface area contributed by atoms with E-state index in [1.165, 1.54) is 0 Å². The Morgan fingerprint density at radius 1 is 1.20 bits per heavy atom. The van der Waals surface area contributed by atoms with Crippen molar-refractivity contribution in [3.05, 3.63) is 26.6 Å². The minimum Gasteiger partial charge on any atom is -0.207 e. The van der Waals surface area contributed by atoms with Crippen LogP contribution < -0.4 is 4.72 Å². The molecule has 112 valence electrons. The van der Waals surface area contributed by atoms with Gasteiger partial charge in [0.1, 0.15) is 0 Å². The summed E-state index contributed by atoms with van der Waals surface area (Å²) in [5.41, 5.74) is 0.641. The van der Waals surface area contributed by atoms with Gasteiger partial charge in [0.2, 0.25) is 10.0 Å². The highest BCUT2D eigenvalue weighted by molar-refractivity contribution is 9.11. The third-order valence-electron chi connectivity index (χ3n) is 3.67. The van der Waals surface area contributed by atoms with Crippen molar-refractivity contribution in [2.45, 2.75) is 43.0 Å². The quantitative estimate of drug-likeness (QED) is 0.633. The fourth-order valence-corrected chi connectivity index (χ4v) is 6.51. The fourth-order valence-electron chi connectivity index (χ4n) is 2.49. The molecule has 3 nitrogen and oxygen atoms in total. The summed E-state index contributed by atoms with van der Waals surface area (Å²) in [5, 5.41) is 0.643. The van der Waals surface area contributed by atoms with E-state index in [1.807, 2.05) is 13.0 Å². The minimum absolute atomic E-state index is 0.280.